The third-order valence-electron chi connectivity index (χ3n) is 3.53. The molecule has 0 saturated carbocycles. The molecule has 4 N–H and O–H groups in total. The summed E-state index contributed by atoms with van der Waals surface area (Å²) in [4.78, 5) is 9.00. The van der Waals surface area contributed by atoms with Crippen molar-refractivity contribution in [3.63, 3.8) is 0 Å². The lowest BCUT2D eigenvalue weighted by atomic mass is 10.1. The minimum atomic E-state index is 0.111. The van der Waals surface area contributed by atoms with E-state index in [0.29, 0.717) is 24.7 Å². The first kappa shape index (κ1) is 16.7. The highest BCUT2D eigenvalue weighted by Gasteiger charge is 2.07. The Bertz CT molecular complexity index is 825. The minimum absolute atomic E-state index is 0.111. The molecule has 0 aliphatic carbocycles. The smallest absolute Gasteiger partial charge is 0.225 e. The van der Waals surface area contributed by atoms with E-state index in [2.05, 4.69) is 20.6 Å². The maximum Gasteiger partial charge on any atom is 0.225 e. The van der Waals surface area contributed by atoms with Gasteiger partial charge in [-0.2, -0.15) is 4.98 Å². The van der Waals surface area contributed by atoms with Crippen LogP contribution in [0.2, 0.25) is 0 Å². The van der Waals surface area contributed by atoms with Crippen molar-refractivity contribution in [1.82, 2.24) is 9.97 Å². The van der Waals surface area contributed by atoms with Gasteiger partial charge in [0.05, 0.1) is 5.69 Å². The van der Waals surface area contributed by atoms with E-state index in [-0.39, 0.29) is 12.4 Å². The van der Waals surface area contributed by atoms with Gasteiger partial charge in [0, 0.05) is 36.5 Å². The van der Waals surface area contributed by atoms with Crippen LogP contribution < -0.4 is 10.6 Å². The van der Waals surface area contributed by atoms with E-state index in [1.807, 2.05) is 42.5 Å². The van der Waals surface area contributed by atoms with Crippen LogP contribution in [-0.2, 0) is 0 Å². The fraction of sp³-hybridized carbons (Fsp3) is 0.158. The number of aromatic nitrogens is 2. The molecule has 0 fully saturated rings. The number of rotatable bonds is 7. The fourth-order valence-electron chi connectivity index (χ4n) is 2.36. The lowest BCUT2D eigenvalue weighted by Gasteiger charge is -2.11. The molecule has 2 aromatic carbocycles. The van der Waals surface area contributed by atoms with E-state index in [1.165, 1.54) is 0 Å². The Kier molecular flexibility index (Phi) is 5.43. The van der Waals surface area contributed by atoms with Crippen LogP contribution in [-0.4, -0.2) is 33.3 Å². The number of aliphatic hydroxyl groups excluding tert-OH is 1. The average Bonchev–Trinajstić information content (AvgIpc) is 2.63. The van der Waals surface area contributed by atoms with Gasteiger partial charge in [0.25, 0.3) is 0 Å². The number of nitrogens with one attached hydrogen (secondary N) is 2. The largest absolute Gasteiger partial charge is 0.508 e. The number of hydrogen-bond donors (Lipinski definition) is 4. The Balaban J connectivity index is 1.91. The maximum absolute atomic E-state index is 9.61. The van der Waals surface area contributed by atoms with Crippen LogP contribution in [0.25, 0.3) is 11.3 Å². The van der Waals surface area contributed by atoms with Gasteiger partial charge in [-0.15, -0.1) is 0 Å². The SMILES string of the molecule is OCCCNc1nc(Nc2cccc(O)c2)cc(-c2ccccc2)n1. The molecule has 0 spiro atoms. The lowest BCUT2D eigenvalue weighted by molar-refractivity contribution is 0.292. The van der Waals surface area contributed by atoms with Crippen LogP contribution in [0.15, 0.2) is 60.7 Å². The topological polar surface area (TPSA) is 90.3 Å². The molecule has 0 unspecified atom stereocenters. The summed E-state index contributed by atoms with van der Waals surface area (Å²) in [7, 11) is 0. The summed E-state index contributed by atoms with van der Waals surface area (Å²) < 4.78 is 0. The van der Waals surface area contributed by atoms with Gasteiger partial charge in [0.2, 0.25) is 5.95 Å². The first-order chi connectivity index (χ1) is 12.2. The Morgan fingerprint density at radius 1 is 0.920 bits per heavy atom. The van der Waals surface area contributed by atoms with E-state index < -0.39 is 0 Å². The van der Waals surface area contributed by atoms with Crippen molar-refractivity contribution < 1.29 is 10.2 Å². The third kappa shape index (κ3) is 4.68. The van der Waals surface area contributed by atoms with Gasteiger partial charge in [0.1, 0.15) is 11.6 Å². The summed E-state index contributed by atoms with van der Waals surface area (Å²) in [5.74, 6) is 1.28. The van der Waals surface area contributed by atoms with Gasteiger partial charge >= 0.3 is 0 Å². The van der Waals surface area contributed by atoms with Crippen LogP contribution in [0.1, 0.15) is 6.42 Å². The number of aliphatic hydroxyl groups is 1. The Morgan fingerprint density at radius 2 is 1.76 bits per heavy atom. The molecule has 0 radical (unpaired) electrons. The standard InChI is InChI=1S/C19H20N4O2/c24-11-5-10-20-19-22-17(14-6-2-1-3-7-14)13-18(23-19)21-15-8-4-9-16(25)12-15/h1-4,6-9,12-13,24-25H,5,10-11H2,(H2,20,21,22,23). The van der Waals surface area contributed by atoms with Gasteiger partial charge in [0.15, 0.2) is 0 Å². The predicted molar refractivity (Wildman–Crippen MR) is 99.1 cm³/mol. The van der Waals surface area contributed by atoms with E-state index >= 15 is 0 Å². The molecule has 0 bridgehead atoms. The van der Waals surface area contributed by atoms with Gasteiger partial charge < -0.3 is 20.8 Å². The first-order valence-corrected chi connectivity index (χ1v) is 8.10. The minimum Gasteiger partial charge on any atom is -0.508 e. The zero-order valence-electron chi connectivity index (χ0n) is 13.7. The Hall–Kier alpha value is -3.12. The molecule has 6 heteroatoms. The summed E-state index contributed by atoms with van der Waals surface area (Å²) >= 11 is 0. The summed E-state index contributed by atoms with van der Waals surface area (Å²) in [6.45, 7) is 0.695. The van der Waals surface area contributed by atoms with E-state index in [9.17, 15) is 5.11 Å². The molecule has 25 heavy (non-hydrogen) atoms. The van der Waals surface area contributed by atoms with Gasteiger partial charge in [-0.05, 0) is 18.6 Å². The molecule has 1 heterocycles. The molecule has 0 saturated heterocycles. The van der Waals surface area contributed by atoms with Gasteiger partial charge in [-0.25, -0.2) is 4.98 Å². The van der Waals surface area contributed by atoms with Crippen molar-refractivity contribution in [2.45, 2.75) is 6.42 Å². The second-order valence-electron chi connectivity index (χ2n) is 5.51. The predicted octanol–water partition coefficient (Wildman–Crippen LogP) is 3.39. The molecule has 0 aliphatic rings. The molecule has 3 aromatic rings. The van der Waals surface area contributed by atoms with Crippen molar-refractivity contribution in [1.29, 1.82) is 0 Å². The number of phenolic OH excluding ortho intramolecular Hbond substituents is 1. The van der Waals surface area contributed by atoms with Crippen LogP contribution in [0.3, 0.4) is 0 Å². The highest BCUT2D eigenvalue weighted by atomic mass is 16.3. The first-order valence-electron chi connectivity index (χ1n) is 8.10. The third-order valence-corrected chi connectivity index (χ3v) is 3.53. The van der Waals surface area contributed by atoms with Crippen LogP contribution in [0.4, 0.5) is 17.5 Å². The lowest BCUT2D eigenvalue weighted by Crippen LogP contribution is -2.08. The van der Waals surface area contributed by atoms with Crippen molar-refractivity contribution in [3.8, 4) is 17.0 Å². The number of hydrogen-bond acceptors (Lipinski definition) is 6. The molecule has 1 aromatic heterocycles. The Labute approximate surface area is 146 Å². The van der Waals surface area contributed by atoms with Crippen molar-refractivity contribution in [2.24, 2.45) is 0 Å². The molecular formula is C19H20N4O2. The molecule has 0 aliphatic heterocycles. The van der Waals surface area contributed by atoms with Crippen molar-refractivity contribution in [3.05, 3.63) is 60.7 Å². The average molecular weight is 336 g/mol. The van der Waals surface area contributed by atoms with E-state index in [1.54, 1.807) is 18.2 Å². The van der Waals surface area contributed by atoms with Crippen LogP contribution in [0, 0.1) is 0 Å². The molecule has 0 amide bonds. The quantitative estimate of drug-likeness (QED) is 0.495. The van der Waals surface area contributed by atoms with Crippen LogP contribution >= 0.6 is 0 Å². The summed E-state index contributed by atoms with van der Waals surface area (Å²) in [6, 6.07) is 18.5. The Morgan fingerprint density at radius 3 is 2.52 bits per heavy atom. The highest BCUT2D eigenvalue weighted by molar-refractivity contribution is 5.67. The normalized spacial score (nSPS) is 10.4. The van der Waals surface area contributed by atoms with Gasteiger partial charge in [-0.3, -0.25) is 0 Å². The van der Waals surface area contributed by atoms with E-state index in [0.717, 1.165) is 16.9 Å². The summed E-state index contributed by atoms with van der Waals surface area (Å²) in [6.07, 6.45) is 0.619. The second kappa shape index (κ2) is 8.12. The molecular weight excluding hydrogens is 316 g/mol. The molecule has 128 valence electrons. The zero-order chi connectivity index (χ0) is 17.5. The zero-order valence-corrected chi connectivity index (χ0v) is 13.7. The van der Waals surface area contributed by atoms with Gasteiger partial charge in [-0.1, -0.05) is 36.4 Å². The summed E-state index contributed by atoms with van der Waals surface area (Å²) in [5.41, 5.74) is 2.50. The fourth-order valence-corrected chi connectivity index (χ4v) is 2.36. The molecule has 0 atom stereocenters. The maximum atomic E-state index is 9.61. The number of nitrogens with zero attached hydrogens (tertiary/aromatic N) is 2. The monoisotopic (exact) mass is 336 g/mol. The highest BCUT2D eigenvalue weighted by Crippen LogP contribution is 2.24. The van der Waals surface area contributed by atoms with E-state index in [4.69, 9.17) is 5.11 Å². The number of benzene rings is 2. The molecule has 6 nitrogen and oxygen atoms in total. The number of aromatic hydroxyl groups is 1. The van der Waals surface area contributed by atoms with Crippen LogP contribution in [0.5, 0.6) is 5.75 Å². The van der Waals surface area contributed by atoms with Crippen molar-refractivity contribution >= 4 is 17.5 Å². The second-order valence-corrected chi connectivity index (χ2v) is 5.51. The number of anilines is 3. The number of phenols is 1. The molecule has 3 rings (SSSR count). The summed E-state index contributed by atoms with van der Waals surface area (Å²) in [5, 5.41) is 24.9. The van der Waals surface area contributed by atoms with Crippen molar-refractivity contribution in [2.75, 3.05) is 23.8 Å².